The van der Waals surface area contributed by atoms with Gasteiger partial charge in [-0.2, -0.15) is 0 Å². The molecule has 2 nitrogen and oxygen atoms in total. The van der Waals surface area contributed by atoms with Crippen LogP contribution in [-0.4, -0.2) is 19.1 Å². The van der Waals surface area contributed by atoms with E-state index < -0.39 is 0 Å². The summed E-state index contributed by atoms with van der Waals surface area (Å²) < 4.78 is 1.22. The number of benzene rings is 1. The highest BCUT2D eigenvalue weighted by atomic mass is 79.9. The van der Waals surface area contributed by atoms with Gasteiger partial charge in [0.25, 0.3) is 0 Å². The highest BCUT2D eigenvalue weighted by Gasteiger charge is 2.20. The molecule has 0 amide bonds. The van der Waals surface area contributed by atoms with E-state index >= 15 is 0 Å². The molecule has 1 aliphatic rings. The van der Waals surface area contributed by atoms with Crippen LogP contribution < -0.4 is 10.2 Å². The molecule has 0 heterocycles. The minimum atomic E-state index is 0.734. The van der Waals surface area contributed by atoms with Gasteiger partial charge in [-0.05, 0) is 59.3 Å². The van der Waals surface area contributed by atoms with Gasteiger partial charge in [0.1, 0.15) is 0 Å². The second-order valence-corrected chi connectivity index (χ2v) is 6.85. The van der Waals surface area contributed by atoms with Crippen LogP contribution in [0.15, 0.2) is 22.7 Å². The largest absolute Gasteiger partial charge is 0.371 e. The lowest BCUT2D eigenvalue weighted by Gasteiger charge is -2.27. The molecule has 1 saturated carbocycles. The van der Waals surface area contributed by atoms with Gasteiger partial charge in [0, 0.05) is 30.1 Å². The summed E-state index contributed by atoms with van der Waals surface area (Å²) in [7, 11) is 0. The van der Waals surface area contributed by atoms with Gasteiger partial charge in [0.2, 0.25) is 0 Å². The first-order valence-corrected chi connectivity index (χ1v) is 8.70. The summed E-state index contributed by atoms with van der Waals surface area (Å²) >= 11 is 3.75. The van der Waals surface area contributed by atoms with Crippen LogP contribution in [-0.2, 0) is 6.54 Å². The Hall–Kier alpha value is -0.540. The zero-order valence-electron chi connectivity index (χ0n) is 13.0. The number of hydrogen-bond donors (Lipinski definition) is 1. The Bertz CT molecular complexity index is 429. The van der Waals surface area contributed by atoms with E-state index in [1.807, 2.05) is 0 Å². The summed E-state index contributed by atoms with van der Waals surface area (Å²) in [5, 5.41) is 3.57. The summed E-state index contributed by atoms with van der Waals surface area (Å²) in [4.78, 5) is 2.47. The SMILES string of the molecule is CCC(C)CN(CC)c1ccc(CNC2CC2)cc1Br. The molecule has 0 spiro atoms. The molecule has 0 aromatic heterocycles. The molecule has 0 aliphatic heterocycles. The third-order valence-electron chi connectivity index (χ3n) is 4.14. The average Bonchev–Trinajstić information content (AvgIpc) is 3.27. The predicted octanol–water partition coefficient (Wildman–Crippen LogP) is 4.57. The molecule has 112 valence electrons. The van der Waals surface area contributed by atoms with Gasteiger partial charge in [0.05, 0.1) is 5.69 Å². The van der Waals surface area contributed by atoms with Crippen molar-refractivity contribution in [3.8, 4) is 0 Å². The van der Waals surface area contributed by atoms with Crippen molar-refractivity contribution in [2.24, 2.45) is 5.92 Å². The Morgan fingerprint density at radius 2 is 2.10 bits per heavy atom. The maximum Gasteiger partial charge on any atom is 0.0510 e. The van der Waals surface area contributed by atoms with Crippen molar-refractivity contribution in [2.45, 2.75) is 52.6 Å². The van der Waals surface area contributed by atoms with E-state index in [4.69, 9.17) is 0 Å². The Labute approximate surface area is 132 Å². The van der Waals surface area contributed by atoms with Crippen LogP contribution in [0.4, 0.5) is 5.69 Å². The molecule has 20 heavy (non-hydrogen) atoms. The first kappa shape index (κ1) is 15.8. The van der Waals surface area contributed by atoms with Crippen molar-refractivity contribution in [3.63, 3.8) is 0 Å². The van der Waals surface area contributed by atoms with Crippen LogP contribution in [0.5, 0.6) is 0 Å². The number of halogens is 1. The molecular formula is C17H27BrN2. The molecule has 1 N–H and O–H groups in total. The summed E-state index contributed by atoms with van der Waals surface area (Å²) in [6.07, 6.45) is 3.92. The van der Waals surface area contributed by atoms with Crippen LogP contribution in [0.3, 0.4) is 0 Å². The number of hydrogen-bond acceptors (Lipinski definition) is 2. The van der Waals surface area contributed by atoms with Crippen molar-refractivity contribution in [1.82, 2.24) is 5.32 Å². The minimum absolute atomic E-state index is 0.734. The first-order valence-electron chi connectivity index (χ1n) is 7.90. The zero-order chi connectivity index (χ0) is 14.5. The van der Waals surface area contributed by atoms with Crippen LogP contribution in [0, 0.1) is 5.92 Å². The van der Waals surface area contributed by atoms with Crippen molar-refractivity contribution in [3.05, 3.63) is 28.2 Å². The van der Waals surface area contributed by atoms with E-state index in [1.165, 1.54) is 35.0 Å². The highest BCUT2D eigenvalue weighted by Crippen LogP contribution is 2.29. The second-order valence-electron chi connectivity index (χ2n) is 5.99. The monoisotopic (exact) mass is 338 g/mol. The van der Waals surface area contributed by atoms with Gasteiger partial charge in [-0.15, -0.1) is 0 Å². The first-order chi connectivity index (χ1) is 9.63. The molecule has 0 radical (unpaired) electrons. The van der Waals surface area contributed by atoms with E-state index in [-0.39, 0.29) is 0 Å². The standard InChI is InChI=1S/C17H27BrN2/c1-4-13(3)12-20(5-2)17-9-6-14(10-16(17)18)11-19-15-7-8-15/h6,9-10,13,15,19H,4-5,7-8,11-12H2,1-3H3. The van der Waals surface area contributed by atoms with Crippen molar-refractivity contribution < 1.29 is 0 Å². The minimum Gasteiger partial charge on any atom is -0.371 e. The Kier molecular flexibility index (Phi) is 5.91. The molecule has 3 heteroatoms. The van der Waals surface area contributed by atoms with E-state index in [1.54, 1.807) is 0 Å². The Balaban J connectivity index is 2.01. The van der Waals surface area contributed by atoms with E-state index in [0.29, 0.717) is 0 Å². The quantitative estimate of drug-likeness (QED) is 0.746. The number of nitrogens with zero attached hydrogens (tertiary/aromatic N) is 1. The van der Waals surface area contributed by atoms with Gasteiger partial charge in [-0.25, -0.2) is 0 Å². The molecule has 1 aliphatic carbocycles. The fraction of sp³-hybridized carbons (Fsp3) is 0.647. The Morgan fingerprint density at radius 3 is 2.65 bits per heavy atom. The Morgan fingerprint density at radius 1 is 1.35 bits per heavy atom. The third-order valence-corrected chi connectivity index (χ3v) is 4.77. The molecule has 1 fully saturated rings. The van der Waals surface area contributed by atoms with Crippen molar-refractivity contribution in [1.29, 1.82) is 0 Å². The molecule has 1 aromatic carbocycles. The molecule has 1 atom stereocenters. The fourth-order valence-electron chi connectivity index (χ4n) is 2.37. The van der Waals surface area contributed by atoms with Gasteiger partial charge in [-0.3, -0.25) is 0 Å². The van der Waals surface area contributed by atoms with E-state index in [9.17, 15) is 0 Å². The molecular weight excluding hydrogens is 312 g/mol. The second kappa shape index (κ2) is 7.46. The van der Waals surface area contributed by atoms with Crippen molar-refractivity contribution >= 4 is 21.6 Å². The van der Waals surface area contributed by atoms with Crippen LogP contribution >= 0.6 is 15.9 Å². The number of rotatable bonds is 8. The maximum absolute atomic E-state index is 3.75. The third kappa shape index (κ3) is 4.49. The van der Waals surface area contributed by atoms with Crippen LogP contribution in [0.2, 0.25) is 0 Å². The van der Waals surface area contributed by atoms with E-state index in [2.05, 4.69) is 65.1 Å². The predicted molar refractivity (Wildman–Crippen MR) is 91.3 cm³/mol. The van der Waals surface area contributed by atoms with E-state index in [0.717, 1.165) is 31.6 Å². The lowest BCUT2D eigenvalue weighted by Crippen LogP contribution is -2.28. The van der Waals surface area contributed by atoms with Gasteiger partial charge >= 0.3 is 0 Å². The number of nitrogens with one attached hydrogen (secondary N) is 1. The summed E-state index contributed by atoms with van der Waals surface area (Å²) in [5.41, 5.74) is 2.69. The topological polar surface area (TPSA) is 15.3 Å². The summed E-state index contributed by atoms with van der Waals surface area (Å²) in [6, 6.07) is 7.56. The molecule has 1 aromatic rings. The lowest BCUT2D eigenvalue weighted by atomic mass is 10.1. The van der Waals surface area contributed by atoms with Gasteiger partial charge < -0.3 is 10.2 Å². The fourth-order valence-corrected chi connectivity index (χ4v) is 3.05. The molecule has 0 bridgehead atoms. The number of anilines is 1. The summed E-state index contributed by atoms with van der Waals surface area (Å²) in [5.74, 6) is 0.734. The zero-order valence-corrected chi connectivity index (χ0v) is 14.5. The van der Waals surface area contributed by atoms with Crippen LogP contribution in [0.1, 0.15) is 45.6 Å². The lowest BCUT2D eigenvalue weighted by molar-refractivity contribution is 0.547. The molecule has 1 unspecified atom stereocenters. The molecule has 2 rings (SSSR count). The maximum atomic E-state index is 3.75. The normalized spacial score (nSPS) is 16.2. The van der Waals surface area contributed by atoms with Crippen LogP contribution in [0.25, 0.3) is 0 Å². The molecule has 0 saturated heterocycles. The summed E-state index contributed by atoms with van der Waals surface area (Å²) in [6.45, 7) is 10.00. The van der Waals surface area contributed by atoms with Gasteiger partial charge in [0.15, 0.2) is 0 Å². The van der Waals surface area contributed by atoms with Gasteiger partial charge in [-0.1, -0.05) is 26.3 Å². The van der Waals surface area contributed by atoms with Crippen molar-refractivity contribution in [2.75, 3.05) is 18.0 Å². The average molecular weight is 339 g/mol. The highest BCUT2D eigenvalue weighted by molar-refractivity contribution is 9.10. The smallest absolute Gasteiger partial charge is 0.0510 e.